The number of fused-ring (bicyclic) bond motifs is 1. The van der Waals surface area contributed by atoms with Crippen LogP contribution in [0, 0.1) is 0 Å². The molecule has 1 aliphatic heterocycles. The highest BCUT2D eigenvalue weighted by Crippen LogP contribution is 2.22. The van der Waals surface area contributed by atoms with Crippen LogP contribution >= 0.6 is 12.6 Å². The minimum Gasteiger partial charge on any atom is -0.491 e. The van der Waals surface area contributed by atoms with Crippen molar-refractivity contribution in [3.05, 3.63) is 59.7 Å². The normalized spacial score (nSPS) is 14.0. The number of ether oxygens (including phenoxy) is 1. The smallest absolute Gasteiger partial charge is 0.227 e. The number of carbonyl (C=O) groups is 1. The van der Waals surface area contributed by atoms with Crippen LogP contribution in [0.5, 0.6) is 5.75 Å². The third-order valence-corrected chi connectivity index (χ3v) is 3.90. The van der Waals surface area contributed by atoms with Gasteiger partial charge in [0, 0.05) is 17.0 Å². The molecule has 3 nitrogen and oxygen atoms in total. The molecule has 3 rings (SSSR count). The number of thiol groups is 1. The minimum atomic E-state index is 0.127. The maximum Gasteiger partial charge on any atom is 0.227 e. The van der Waals surface area contributed by atoms with E-state index < -0.39 is 0 Å². The van der Waals surface area contributed by atoms with Crippen molar-refractivity contribution in [3.8, 4) is 5.75 Å². The Morgan fingerprint density at radius 2 is 1.90 bits per heavy atom. The first-order valence-corrected chi connectivity index (χ1v) is 7.43. The van der Waals surface area contributed by atoms with Gasteiger partial charge in [-0.05, 0) is 23.8 Å². The van der Waals surface area contributed by atoms with Gasteiger partial charge in [0.1, 0.15) is 12.4 Å². The van der Waals surface area contributed by atoms with E-state index in [1.807, 2.05) is 53.4 Å². The summed E-state index contributed by atoms with van der Waals surface area (Å²) in [5.74, 6) is 1.01. The third kappa shape index (κ3) is 3.39. The summed E-state index contributed by atoms with van der Waals surface area (Å²) in [6.07, 6.45) is 0.413. The van der Waals surface area contributed by atoms with E-state index in [4.69, 9.17) is 4.74 Å². The fourth-order valence-electron chi connectivity index (χ4n) is 2.44. The first kappa shape index (κ1) is 14.0. The summed E-state index contributed by atoms with van der Waals surface area (Å²) in [6.45, 7) is 1.77. The number of rotatable bonds is 2. The highest BCUT2D eigenvalue weighted by molar-refractivity contribution is 7.80. The molecule has 1 amide bonds. The van der Waals surface area contributed by atoms with Gasteiger partial charge in [-0.1, -0.05) is 30.3 Å². The van der Waals surface area contributed by atoms with Crippen molar-refractivity contribution in [2.45, 2.75) is 17.9 Å². The first-order chi connectivity index (χ1) is 10.2. The van der Waals surface area contributed by atoms with Crippen molar-refractivity contribution in [2.75, 3.05) is 13.2 Å². The molecular formula is C17H17NO2S. The molecule has 0 saturated heterocycles. The summed E-state index contributed by atoms with van der Waals surface area (Å²) in [6, 6.07) is 15.6. The molecule has 0 radical (unpaired) electrons. The molecule has 2 aromatic rings. The first-order valence-electron chi connectivity index (χ1n) is 6.99. The molecule has 0 spiro atoms. The summed E-state index contributed by atoms with van der Waals surface area (Å²) in [5, 5.41) is 0. The lowest BCUT2D eigenvalue weighted by Crippen LogP contribution is -2.33. The SMILES string of the molecule is O=C(Cc1ccc(S)cc1)N1CCOc2ccccc2C1. The van der Waals surface area contributed by atoms with Crippen molar-refractivity contribution in [3.63, 3.8) is 0 Å². The Morgan fingerprint density at radius 3 is 2.71 bits per heavy atom. The van der Waals surface area contributed by atoms with E-state index in [0.29, 0.717) is 26.1 Å². The van der Waals surface area contributed by atoms with E-state index in [1.54, 1.807) is 0 Å². The summed E-state index contributed by atoms with van der Waals surface area (Å²) in [7, 11) is 0. The number of benzene rings is 2. The molecule has 0 saturated carbocycles. The molecule has 0 bridgehead atoms. The van der Waals surface area contributed by atoms with E-state index >= 15 is 0 Å². The highest BCUT2D eigenvalue weighted by Gasteiger charge is 2.19. The maximum atomic E-state index is 12.5. The Labute approximate surface area is 129 Å². The number of amides is 1. The summed E-state index contributed by atoms with van der Waals surface area (Å²) in [4.78, 5) is 15.2. The number of para-hydroxylation sites is 1. The fourth-order valence-corrected chi connectivity index (χ4v) is 2.59. The molecule has 4 heteroatoms. The average molecular weight is 299 g/mol. The van der Waals surface area contributed by atoms with Gasteiger partial charge in [0.15, 0.2) is 0 Å². The number of hydrogen-bond donors (Lipinski definition) is 1. The van der Waals surface area contributed by atoms with Gasteiger partial charge >= 0.3 is 0 Å². The number of hydrogen-bond acceptors (Lipinski definition) is 3. The van der Waals surface area contributed by atoms with Crippen LogP contribution < -0.4 is 4.74 Å². The van der Waals surface area contributed by atoms with Crippen molar-refractivity contribution < 1.29 is 9.53 Å². The zero-order chi connectivity index (χ0) is 14.7. The molecule has 1 heterocycles. The van der Waals surface area contributed by atoms with Gasteiger partial charge in [-0.15, -0.1) is 12.6 Å². The highest BCUT2D eigenvalue weighted by atomic mass is 32.1. The molecule has 0 atom stereocenters. The predicted octanol–water partition coefficient (Wildman–Crippen LogP) is 2.94. The molecule has 0 aromatic heterocycles. The zero-order valence-corrected chi connectivity index (χ0v) is 12.6. The fraction of sp³-hybridized carbons (Fsp3) is 0.235. The van der Waals surface area contributed by atoms with Gasteiger partial charge < -0.3 is 9.64 Å². The van der Waals surface area contributed by atoms with E-state index in [-0.39, 0.29) is 5.91 Å². The van der Waals surface area contributed by atoms with Crippen LogP contribution in [-0.2, 0) is 17.8 Å². The topological polar surface area (TPSA) is 29.5 Å². The second-order valence-corrected chi connectivity index (χ2v) is 5.63. The quantitative estimate of drug-likeness (QED) is 0.864. The van der Waals surface area contributed by atoms with E-state index in [2.05, 4.69) is 12.6 Å². The largest absolute Gasteiger partial charge is 0.491 e. The van der Waals surface area contributed by atoms with E-state index in [0.717, 1.165) is 21.8 Å². The monoisotopic (exact) mass is 299 g/mol. The minimum absolute atomic E-state index is 0.127. The van der Waals surface area contributed by atoms with Crippen LogP contribution in [0.2, 0.25) is 0 Å². The lowest BCUT2D eigenvalue weighted by Gasteiger charge is -2.20. The van der Waals surface area contributed by atoms with Gasteiger partial charge in [-0.3, -0.25) is 4.79 Å². The lowest BCUT2D eigenvalue weighted by atomic mass is 10.1. The molecule has 21 heavy (non-hydrogen) atoms. The van der Waals surface area contributed by atoms with Gasteiger partial charge in [-0.25, -0.2) is 0 Å². The Balaban J connectivity index is 1.71. The van der Waals surface area contributed by atoms with Crippen LogP contribution in [0.1, 0.15) is 11.1 Å². The Kier molecular flexibility index (Phi) is 4.15. The molecule has 108 valence electrons. The van der Waals surface area contributed by atoms with E-state index in [1.165, 1.54) is 0 Å². The summed E-state index contributed by atoms with van der Waals surface area (Å²) < 4.78 is 5.69. The van der Waals surface area contributed by atoms with Crippen LogP contribution in [0.15, 0.2) is 53.4 Å². The molecular weight excluding hydrogens is 282 g/mol. The van der Waals surface area contributed by atoms with Crippen LogP contribution in [0.3, 0.4) is 0 Å². The van der Waals surface area contributed by atoms with Crippen molar-refractivity contribution in [1.82, 2.24) is 4.90 Å². The van der Waals surface area contributed by atoms with Gasteiger partial charge in [-0.2, -0.15) is 0 Å². The molecule has 2 aromatic carbocycles. The molecule has 0 aliphatic carbocycles. The van der Waals surface area contributed by atoms with Crippen LogP contribution in [-0.4, -0.2) is 24.0 Å². The van der Waals surface area contributed by atoms with Crippen molar-refractivity contribution in [1.29, 1.82) is 0 Å². The van der Waals surface area contributed by atoms with E-state index in [9.17, 15) is 4.79 Å². The van der Waals surface area contributed by atoms with Crippen LogP contribution in [0.4, 0.5) is 0 Å². The van der Waals surface area contributed by atoms with Crippen molar-refractivity contribution >= 4 is 18.5 Å². The second kappa shape index (κ2) is 6.22. The zero-order valence-electron chi connectivity index (χ0n) is 11.7. The number of carbonyl (C=O) groups excluding carboxylic acids is 1. The summed E-state index contributed by atoms with van der Waals surface area (Å²) >= 11 is 4.26. The second-order valence-electron chi connectivity index (χ2n) is 5.11. The van der Waals surface area contributed by atoms with Gasteiger partial charge in [0.25, 0.3) is 0 Å². The Bertz CT molecular complexity index is 639. The van der Waals surface area contributed by atoms with Crippen LogP contribution in [0.25, 0.3) is 0 Å². The molecule has 0 unspecified atom stereocenters. The Hall–Kier alpha value is -1.94. The maximum absolute atomic E-state index is 12.5. The van der Waals surface area contributed by atoms with Gasteiger partial charge in [0.05, 0.1) is 13.0 Å². The Morgan fingerprint density at radius 1 is 1.14 bits per heavy atom. The van der Waals surface area contributed by atoms with Crippen molar-refractivity contribution in [2.24, 2.45) is 0 Å². The predicted molar refractivity (Wildman–Crippen MR) is 84.8 cm³/mol. The molecule has 0 fully saturated rings. The molecule has 0 N–H and O–H groups in total. The van der Waals surface area contributed by atoms with Gasteiger partial charge in [0.2, 0.25) is 5.91 Å². The standard InChI is InChI=1S/C17H17NO2S/c19-17(11-13-5-7-15(21)8-6-13)18-9-10-20-16-4-2-1-3-14(16)12-18/h1-8,21H,9-12H2. The lowest BCUT2D eigenvalue weighted by molar-refractivity contribution is -0.131. The average Bonchev–Trinajstić information content (AvgIpc) is 2.72. The molecule has 1 aliphatic rings. The third-order valence-electron chi connectivity index (χ3n) is 3.60. The summed E-state index contributed by atoms with van der Waals surface area (Å²) in [5.41, 5.74) is 2.07. The number of nitrogens with zero attached hydrogens (tertiary/aromatic N) is 1.